The highest BCUT2D eigenvalue weighted by Gasteiger charge is 2.39. The molecule has 0 aromatic heterocycles. The van der Waals surface area contributed by atoms with Crippen molar-refractivity contribution in [3.63, 3.8) is 0 Å². The summed E-state index contributed by atoms with van der Waals surface area (Å²) in [5.41, 5.74) is 0.421. The molecule has 8 nitrogen and oxygen atoms in total. The van der Waals surface area contributed by atoms with Crippen LogP contribution in [0.1, 0.15) is 38.7 Å². The molecule has 29 heavy (non-hydrogen) atoms. The van der Waals surface area contributed by atoms with Gasteiger partial charge in [-0.25, -0.2) is 9.59 Å². The average molecular weight is 409 g/mol. The maximum Gasteiger partial charge on any atom is 0.328 e. The molecular formula is C21H31NO7. The molecule has 0 radical (unpaired) electrons. The van der Waals surface area contributed by atoms with Crippen LogP contribution >= 0.6 is 0 Å². The van der Waals surface area contributed by atoms with Crippen molar-refractivity contribution in [3.8, 4) is 0 Å². The van der Waals surface area contributed by atoms with Crippen LogP contribution in [0.2, 0.25) is 0 Å². The van der Waals surface area contributed by atoms with Crippen LogP contribution < -0.4 is 0 Å². The van der Waals surface area contributed by atoms with Gasteiger partial charge in [-0.3, -0.25) is 4.79 Å². The number of rotatable bonds is 6. The van der Waals surface area contributed by atoms with Crippen LogP contribution in [-0.4, -0.2) is 63.4 Å². The van der Waals surface area contributed by atoms with E-state index in [1.807, 2.05) is 30.3 Å². The van der Waals surface area contributed by atoms with Crippen LogP contribution in [0, 0.1) is 5.92 Å². The van der Waals surface area contributed by atoms with Gasteiger partial charge in [0, 0.05) is 31.0 Å². The minimum absolute atomic E-state index is 0.222. The average Bonchev–Trinajstić information content (AvgIpc) is 3.14. The number of likely N-dealkylation sites (tertiary alicyclic amines) is 1. The van der Waals surface area contributed by atoms with E-state index in [1.54, 1.807) is 6.92 Å². The second-order valence-electron chi connectivity index (χ2n) is 6.65. The monoisotopic (exact) mass is 409 g/mol. The molecule has 4 N–H and O–H groups in total. The molecule has 2 atom stereocenters. The molecular weight excluding hydrogens is 378 g/mol. The second-order valence-corrected chi connectivity index (χ2v) is 6.65. The summed E-state index contributed by atoms with van der Waals surface area (Å²) >= 11 is 0. The van der Waals surface area contributed by atoms with E-state index in [4.69, 9.17) is 15.3 Å². The van der Waals surface area contributed by atoms with Crippen LogP contribution in [0.25, 0.3) is 0 Å². The number of aliphatic carboxylic acids is 3. The number of hydrogen-bond acceptors (Lipinski definition) is 5. The predicted octanol–water partition coefficient (Wildman–Crippen LogP) is 2.43. The molecule has 2 unspecified atom stereocenters. The Bertz CT molecular complexity index is 659. The van der Waals surface area contributed by atoms with E-state index in [9.17, 15) is 19.5 Å². The Morgan fingerprint density at radius 2 is 1.55 bits per heavy atom. The van der Waals surface area contributed by atoms with Gasteiger partial charge < -0.3 is 25.3 Å². The topological polar surface area (TPSA) is 135 Å². The molecule has 1 saturated heterocycles. The fourth-order valence-corrected chi connectivity index (χ4v) is 2.92. The third kappa shape index (κ3) is 10.4. The van der Waals surface area contributed by atoms with Gasteiger partial charge in [-0.2, -0.15) is 0 Å². The Morgan fingerprint density at radius 3 is 1.86 bits per heavy atom. The molecule has 0 spiro atoms. The van der Waals surface area contributed by atoms with Crippen molar-refractivity contribution in [2.45, 2.75) is 38.7 Å². The zero-order valence-corrected chi connectivity index (χ0v) is 17.1. The van der Waals surface area contributed by atoms with Crippen molar-refractivity contribution in [3.05, 3.63) is 48.0 Å². The van der Waals surface area contributed by atoms with Crippen molar-refractivity contribution < 1.29 is 34.8 Å². The second kappa shape index (κ2) is 13.5. The van der Waals surface area contributed by atoms with Gasteiger partial charge in [0.05, 0.1) is 5.60 Å². The van der Waals surface area contributed by atoms with Crippen LogP contribution in [-0.2, 0) is 20.0 Å². The van der Waals surface area contributed by atoms with Crippen LogP contribution in [0.5, 0.6) is 0 Å². The van der Waals surface area contributed by atoms with Crippen LogP contribution in [0.15, 0.2) is 42.5 Å². The number of nitrogens with zero attached hydrogens (tertiary/aromatic N) is 1. The summed E-state index contributed by atoms with van der Waals surface area (Å²) in [5.74, 6) is -2.89. The summed E-state index contributed by atoms with van der Waals surface area (Å²) in [6.45, 7) is 5.77. The first-order valence-electron chi connectivity index (χ1n) is 9.38. The molecule has 1 fully saturated rings. The Kier molecular flexibility index (Phi) is 12.2. The molecule has 1 heterocycles. The van der Waals surface area contributed by atoms with Gasteiger partial charge in [-0.05, 0) is 32.0 Å². The normalized spacial score (nSPS) is 18.0. The lowest BCUT2D eigenvalue weighted by atomic mass is 9.79. The molecule has 1 aliphatic heterocycles. The Morgan fingerprint density at radius 1 is 1.07 bits per heavy atom. The number of benzene rings is 1. The summed E-state index contributed by atoms with van der Waals surface area (Å²) < 4.78 is 0. The van der Waals surface area contributed by atoms with E-state index in [2.05, 4.69) is 18.9 Å². The molecule has 0 amide bonds. The van der Waals surface area contributed by atoms with E-state index in [0.29, 0.717) is 18.1 Å². The molecule has 162 valence electrons. The number of carboxylic acids is 3. The Hall–Kier alpha value is -2.71. The molecule has 0 saturated carbocycles. The largest absolute Gasteiger partial charge is 0.481 e. The highest BCUT2D eigenvalue weighted by atomic mass is 16.4. The number of hydrogen-bond donors (Lipinski definition) is 4. The molecule has 0 aliphatic carbocycles. The third-order valence-electron chi connectivity index (χ3n) is 4.55. The number of carboxylic acid groups (broad SMARTS) is 3. The SMILES string of the molecule is CCC(=O)O.CCC(O)(c1ccccc1)C1CCN(C)C1.O=C(O)/C=C/C(=O)O. The minimum Gasteiger partial charge on any atom is -0.481 e. The maximum atomic E-state index is 10.9. The van der Waals surface area contributed by atoms with E-state index < -0.39 is 23.5 Å². The van der Waals surface area contributed by atoms with Crippen molar-refractivity contribution in [1.29, 1.82) is 0 Å². The first kappa shape index (κ1) is 26.3. The van der Waals surface area contributed by atoms with E-state index >= 15 is 0 Å². The van der Waals surface area contributed by atoms with E-state index in [-0.39, 0.29) is 6.42 Å². The first-order valence-corrected chi connectivity index (χ1v) is 9.38. The number of carbonyl (C=O) groups is 3. The quantitative estimate of drug-likeness (QED) is 0.526. The Balaban J connectivity index is 0.000000506. The summed E-state index contributed by atoms with van der Waals surface area (Å²) in [6, 6.07) is 10.1. The van der Waals surface area contributed by atoms with Gasteiger partial charge in [-0.1, -0.05) is 44.2 Å². The van der Waals surface area contributed by atoms with Crippen molar-refractivity contribution in [2.24, 2.45) is 5.92 Å². The summed E-state index contributed by atoms with van der Waals surface area (Å²) in [7, 11) is 2.13. The molecule has 2 rings (SSSR count). The van der Waals surface area contributed by atoms with Crippen LogP contribution in [0.4, 0.5) is 0 Å². The van der Waals surface area contributed by atoms with Gasteiger partial charge in [-0.15, -0.1) is 0 Å². The standard InChI is InChI=1S/C14H21NO.C4H4O4.C3H6O2/c1-3-14(16,12-7-5-4-6-8-12)13-9-10-15(2)11-13;5-3(6)1-2-4(7)8;1-2-3(4)5/h4-8,13,16H,3,9-11H2,1-2H3;1-2H,(H,5,6)(H,7,8);2H2,1H3,(H,4,5)/b;2-1+;. The van der Waals surface area contributed by atoms with Crippen molar-refractivity contribution >= 4 is 17.9 Å². The fourth-order valence-electron chi connectivity index (χ4n) is 2.92. The zero-order chi connectivity index (χ0) is 22.4. The highest BCUT2D eigenvalue weighted by Crippen LogP contribution is 2.37. The van der Waals surface area contributed by atoms with E-state index in [0.717, 1.165) is 31.5 Å². The third-order valence-corrected chi connectivity index (χ3v) is 4.55. The van der Waals surface area contributed by atoms with Crippen LogP contribution in [0.3, 0.4) is 0 Å². The fraction of sp³-hybridized carbons (Fsp3) is 0.476. The van der Waals surface area contributed by atoms with Gasteiger partial charge in [0.25, 0.3) is 0 Å². The summed E-state index contributed by atoms with van der Waals surface area (Å²) in [4.78, 5) is 30.8. The van der Waals surface area contributed by atoms with Gasteiger partial charge >= 0.3 is 17.9 Å². The first-order chi connectivity index (χ1) is 13.6. The highest BCUT2D eigenvalue weighted by molar-refractivity contribution is 5.89. The lowest BCUT2D eigenvalue weighted by Crippen LogP contribution is -2.36. The predicted molar refractivity (Wildman–Crippen MR) is 109 cm³/mol. The zero-order valence-electron chi connectivity index (χ0n) is 17.1. The summed E-state index contributed by atoms with van der Waals surface area (Å²) in [6.07, 6.45) is 3.22. The van der Waals surface area contributed by atoms with Gasteiger partial charge in [0.2, 0.25) is 0 Å². The maximum absolute atomic E-state index is 10.9. The lowest BCUT2D eigenvalue weighted by molar-refractivity contribution is -0.136. The molecule has 0 bridgehead atoms. The lowest BCUT2D eigenvalue weighted by Gasteiger charge is -2.33. The molecule has 1 aromatic carbocycles. The van der Waals surface area contributed by atoms with E-state index in [1.165, 1.54) is 0 Å². The molecule has 1 aliphatic rings. The smallest absolute Gasteiger partial charge is 0.328 e. The Labute approximate surface area is 171 Å². The molecule has 8 heteroatoms. The van der Waals surface area contributed by atoms with Crippen molar-refractivity contribution in [1.82, 2.24) is 4.90 Å². The van der Waals surface area contributed by atoms with Gasteiger partial charge in [0.15, 0.2) is 0 Å². The minimum atomic E-state index is -1.26. The van der Waals surface area contributed by atoms with Gasteiger partial charge in [0.1, 0.15) is 0 Å². The molecule has 1 aromatic rings. The van der Waals surface area contributed by atoms with Crippen molar-refractivity contribution in [2.75, 3.05) is 20.1 Å². The summed E-state index contributed by atoms with van der Waals surface area (Å²) in [5, 5.41) is 34.2. The number of aliphatic hydroxyl groups is 1.